The second-order valence-electron chi connectivity index (χ2n) is 7.62. The predicted octanol–water partition coefficient (Wildman–Crippen LogP) is 4.17. The molecule has 1 aliphatic carbocycles. The first-order chi connectivity index (χ1) is 12.6. The van der Waals surface area contributed by atoms with E-state index in [2.05, 4.69) is 5.32 Å². The second-order valence-corrected chi connectivity index (χ2v) is 7.62. The molecule has 26 heavy (non-hydrogen) atoms. The van der Waals surface area contributed by atoms with Crippen molar-refractivity contribution in [3.63, 3.8) is 0 Å². The predicted molar refractivity (Wildman–Crippen MR) is 106 cm³/mol. The molecular formula is C23H31NO2. The molecule has 2 aromatic carbocycles. The minimum absolute atomic E-state index is 0.0685. The van der Waals surface area contributed by atoms with E-state index in [0.717, 1.165) is 24.0 Å². The summed E-state index contributed by atoms with van der Waals surface area (Å²) < 4.78 is 0. The maximum Gasteiger partial charge on any atom is 0.0940 e. The van der Waals surface area contributed by atoms with Gasteiger partial charge < -0.3 is 15.5 Å². The van der Waals surface area contributed by atoms with Crippen molar-refractivity contribution in [3.8, 4) is 0 Å². The lowest BCUT2D eigenvalue weighted by atomic mass is 9.77. The molecular weight excluding hydrogens is 322 g/mol. The van der Waals surface area contributed by atoms with Crippen LogP contribution in [0.15, 0.2) is 60.7 Å². The highest BCUT2D eigenvalue weighted by Crippen LogP contribution is 2.42. The molecule has 1 aliphatic rings. The molecule has 0 aliphatic heterocycles. The maximum absolute atomic E-state index is 11.5. The highest BCUT2D eigenvalue weighted by atomic mass is 16.3. The molecule has 0 radical (unpaired) electrons. The molecule has 0 amide bonds. The van der Waals surface area contributed by atoms with Crippen LogP contribution in [0.2, 0.25) is 0 Å². The van der Waals surface area contributed by atoms with Crippen LogP contribution in [0.25, 0.3) is 0 Å². The molecule has 0 bridgehead atoms. The first kappa shape index (κ1) is 19.1. The summed E-state index contributed by atoms with van der Waals surface area (Å²) in [5.41, 5.74) is 1.15. The SMILES string of the molecule is CC(NCCC(O)(c1ccccc1)C1CCCC1)C(O)c1ccccc1. The molecule has 0 saturated heterocycles. The first-order valence-corrected chi connectivity index (χ1v) is 9.85. The largest absolute Gasteiger partial charge is 0.387 e. The van der Waals surface area contributed by atoms with Gasteiger partial charge in [0.1, 0.15) is 0 Å². The van der Waals surface area contributed by atoms with Gasteiger partial charge in [-0.25, -0.2) is 0 Å². The van der Waals surface area contributed by atoms with E-state index in [1.165, 1.54) is 12.8 Å². The Hall–Kier alpha value is -1.68. The Bertz CT molecular complexity index is 654. The van der Waals surface area contributed by atoms with Crippen molar-refractivity contribution in [1.82, 2.24) is 5.32 Å². The highest BCUT2D eigenvalue weighted by Gasteiger charge is 2.39. The molecule has 2 aromatic rings. The van der Waals surface area contributed by atoms with Gasteiger partial charge in [0.2, 0.25) is 0 Å². The van der Waals surface area contributed by atoms with Gasteiger partial charge >= 0.3 is 0 Å². The van der Waals surface area contributed by atoms with Crippen LogP contribution in [-0.4, -0.2) is 22.8 Å². The summed E-state index contributed by atoms with van der Waals surface area (Å²) in [6, 6.07) is 19.8. The molecule has 0 spiro atoms. The first-order valence-electron chi connectivity index (χ1n) is 9.85. The summed E-state index contributed by atoms with van der Waals surface area (Å²) >= 11 is 0. The lowest BCUT2D eigenvalue weighted by Crippen LogP contribution is -2.40. The molecule has 3 N–H and O–H groups in total. The fourth-order valence-electron chi connectivity index (χ4n) is 4.26. The third-order valence-electron chi connectivity index (χ3n) is 5.89. The Balaban J connectivity index is 1.63. The Labute approximate surface area is 157 Å². The van der Waals surface area contributed by atoms with E-state index in [9.17, 15) is 10.2 Å². The van der Waals surface area contributed by atoms with Gasteiger partial charge in [0, 0.05) is 6.04 Å². The van der Waals surface area contributed by atoms with E-state index >= 15 is 0 Å². The second kappa shape index (κ2) is 8.81. The summed E-state index contributed by atoms with van der Waals surface area (Å²) in [4.78, 5) is 0. The fourth-order valence-corrected chi connectivity index (χ4v) is 4.26. The number of rotatable bonds is 8. The van der Waals surface area contributed by atoms with Crippen LogP contribution in [0.5, 0.6) is 0 Å². The monoisotopic (exact) mass is 353 g/mol. The van der Waals surface area contributed by atoms with Crippen LogP contribution in [0.4, 0.5) is 0 Å². The molecule has 3 nitrogen and oxygen atoms in total. The topological polar surface area (TPSA) is 52.5 Å². The summed E-state index contributed by atoms with van der Waals surface area (Å²) in [5.74, 6) is 0.320. The van der Waals surface area contributed by atoms with Gasteiger partial charge in [-0.1, -0.05) is 73.5 Å². The molecule has 3 rings (SSSR count). The summed E-state index contributed by atoms with van der Waals surface area (Å²) in [7, 11) is 0. The fraction of sp³-hybridized carbons (Fsp3) is 0.478. The molecule has 3 atom stereocenters. The van der Waals surface area contributed by atoms with Crippen LogP contribution >= 0.6 is 0 Å². The zero-order chi connectivity index (χ0) is 18.4. The zero-order valence-electron chi connectivity index (χ0n) is 15.6. The molecule has 1 fully saturated rings. The third kappa shape index (κ3) is 4.35. The maximum atomic E-state index is 11.5. The lowest BCUT2D eigenvalue weighted by Gasteiger charge is -2.35. The molecule has 0 heterocycles. The number of hydrogen-bond acceptors (Lipinski definition) is 3. The van der Waals surface area contributed by atoms with Gasteiger partial charge in [-0.15, -0.1) is 0 Å². The standard InChI is InChI=1S/C23H31NO2/c1-18(22(25)19-10-4-2-5-11-19)24-17-16-23(26,21-14-8-9-15-21)20-12-6-3-7-13-20/h2-7,10-13,18,21-22,24-26H,8-9,14-17H2,1H3. The van der Waals surface area contributed by atoms with Crippen LogP contribution in [0, 0.1) is 5.92 Å². The molecule has 0 aromatic heterocycles. The van der Waals surface area contributed by atoms with E-state index in [0.29, 0.717) is 18.9 Å². The van der Waals surface area contributed by atoms with Crippen LogP contribution in [0.1, 0.15) is 56.3 Å². The van der Waals surface area contributed by atoms with Crippen LogP contribution in [-0.2, 0) is 5.60 Å². The van der Waals surface area contributed by atoms with E-state index in [4.69, 9.17) is 0 Å². The van der Waals surface area contributed by atoms with E-state index in [1.54, 1.807) is 0 Å². The van der Waals surface area contributed by atoms with Crippen molar-refractivity contribution in [2.75, 3.05) is 6.54 Å². The van der Waals surface area contributed by atoms with Gasteiger partial charge in [0.05, 0.1) is 11.7 Å². The number of aliphatic hydroxyl groups is 2. The van der Waals surface area contributed by atoms with Crippen molar-refractivity contribution in [1.29, 1.82) is 0 Å². The normalized spacial score (nSPS) is 19.8. The molecule has 1 saturated carbocycles. The third-order valence-corrected chi connectivity index (χ3v) is 5.89. The minimum atomic E-state index is -0.790. The van der Waals surface area contributed by atoms with Crippen molar-refractivity contribution in [2.45, 2.75) is 56.8 Å². The van der Waals surface area contributed by atoms with Gasteiger partial charge in [0.25, 0.3) is 0 Å². The van der Waals surface area contributed by atoms with Gasteiger partial charge in [-0.3, -0.25) is 0 Å². The van der Waals surface area contributed by atoms with E-state index in [1.807, 2.05) is 67.6 Å². The number of benzene rings is 2. The Morgan fingerprint density at radius 3 is 2.19 bits per heavy atom. The minimum Gasteiger partial charge on any atom is -0.387 e. The number of aliphatic hydroxyl groups excluding tert-OH is 1. The van der Waals surface area contributed by atoms with Crippen molar-refractivity contribution >= 4 is 0 Å². The van der Waals surface area contributed by atoms with Gasteiger partial charge in [-0.05, 0) is 49.8 Å². The Kier molecular flexibility index (Phi) is 6.47. The number of hydrogen-bond donors (Lipinski definition) is 3. The smallest absolute Gasteiger partial charge is 0.0940 e. The van der Waals surface area contributed by atoms with Crippen molar-refractivity contribution in [3.05, 3.63) is 71.8 Å². The van der Waals surface area contributed by atoms with E-state index < -0.39 is 11.7 Å². The van der Waals surface area contributed by atoms with Crippen molar-refractivity contribution in [2.24, 2.45) is 5.92 Å². The summed E-state index contributed by atoms with van der Waals surface area (Å²) in [6.45, 7) is 2.67. The van der Waals surface area contributed by atoms with Crippen molar-refractivity contribution < 1.29 is 10.2 Å². The average molecular weight is 354 g/mol. The van der Waals surface area contributed by atoms with Crippen LogP contribution in [0.3, 0.4) is 0 Å². The van der Waals surface area contributed by atoms with Gasteiger partial charge in [-0.2, -0.15) is 0 Å². The molecule has 3 heteroatoms. The number of nitrogens with one attached hydrogen (secondary N) is 1. The lowest BCUT2D eigenvalue weighted by molar-refractivity contribution is -0.0307. The summed E-state index contributed by atoms with van der Waals surface area (Å²) in [6.07, 6.45) is 4.70. The summed E-state index contributed by atoms with van der Waals surface area (Å²) in [5, 5.41) is 25.5. The average Bonchev–Trinajstić information content (AvgIpc) is 3.24. The van der Waals surface area contributed by atoms with E-state index in [-0.39, 0.29) is 6.04 Å². The highest BCUT2D eigenvalue weighted by molar-refractivity contribution is 5.24. The Morgan fingerprint density at radius 2 is 1.58 bits per heavy atom. The quantitative estimate of drug-likeness (QED) is 0.668. The van der Waals surface area contributed by atoms with Gasteiger partial charge in [0.15, 0.2) is 0 Å². The zero-order valence-corrected chi connectivity index (χ0v) is 15.6. The molecule has 3 unspecified atom stereocenters. The van der Waals surface area contributed by atoms with Crippen LogP contribution < -0.4 is 5.32 Å². The molecule has 140 valence electrons. The Morgan fingerprint density at radius 1 is 1.00 bits per heavy atom.